The van der Waals surface area contributed by atoms with Crippen molar-refractivity contribution in [3.8, 4) is 0 Å². The van der Waals surface area contributed by atoms with Crippen LogP contribution in [0.15, 0.2) is 54.7 Å². The third kappa shape index (κ3) is 2.72. The second-order valence-electron chi connectivity index (χ2n) is 4.49. The van der Waals surface area contributed by atoms with E-state index in [0.29, 0.717) is 5.69 Å². The summed E-state index contributed by atoms with van der Waals surface area (Å²) in [6.45, 7) is 0. The molecule has 0 unspecified atom stereocenters. The summed E-state index contributed by atoms with van der Waals surface area (Å²) in [7, 11) is 0. The van der Waals surface area contributed by atoms with E-state index in [-0.39, 0.29) is 5.56 Å². The minimum atomic E-state index is -0.775. The topological polar surface area (TPSA) is 42.0 Å². The highest BCUT2D eigenvalue weighted by molar-refractivity contribution is 6.05. The lowest BCUT2D eigenvalue weighted by Crippen LogP contribution is -2.14. The van der Waals surface area contributed by atoms with Gasteiger partial charge in [-0.3, -0.25) is 9.78 Å². The molecule has 0 bridgehead atoms. The average Bonchev–Trinajstić information content (AvgIpc) is 2.49. The second-order valence-corrected chi connectivity index (χ2v) is 4.49. The number of para-hydroxylation sites is 1. The van der Waals surface area contributed by atoms with Crippen molar-refractivity contribution in [3.05, 3.63) is 71.9 Å². The Labute approximate surface area is 119 Å². The van der Waals surface area contributed by atoms with Crippen LogP contribution in [-0.4, -0.2) is 10.9 Å². The predicted octanol–water partition coefficient (Wildman–Crippen LogP) is 3.77. The average molecular weight is 284 g/mol. The Morgan fingerprint density at radius 3 is 2.71 bits per heavy atom. The standard InChI is InChI=1S/C16H10F2N2O/c17-11-5-6-14(18)13(8-11)16(21)20-12-7-10-3-1-2-4-15(10)19-9-12/h1-9H,(H,20,21). The monoisotopic (exact) mass is 284 g/mol. The van der Waals surface area contributed by atoms with Crippen molar-refractivity contribution >= 4 is 22.5 Å². The van der Waals surface area contributed by atoms with Gasteiger partial charge in [0.25, 0.3) is 5.91 Å². The Bertz CT molecular complexity index is 833. The predicted molar refractivity (Wildman–Crippen MR) is 76.1 cm³/mol. The van der Waals surface area contributed by atoms with Gasteiger partial charge in [-0.2, -0.15) is 0 Å². The van der Waals surface area contributed by atoms with E-state index in [2.05, 4.69) is 10.3 Å². The summed E-state index contributed by atoms with van der Waals surface area (Å²) >= 11 is 0. The fourth-order valence-corrected chi connectivity index (χ4v) is 2.01. The fraction of sp³-hybridized carbons (Fsp3) is 0. The molecule has 0 fully saturated rings. The van der Waals surface area contributed by atoms with Gasteiger partial charge in [0.15, 0.2) is 0 Å². The van der Waals surface area contributed by atoms with Crippen LogP contribution in [0.3, 0.4) is 0 Å². The van der Waals surface area contributed by atoms with Gasteiger partial charge in [-0.05, 0) is 30.3 Å². The van der Waals surface area contributed by atoms with Crippen LogP contribution < -0.4 is 5.32 Å². The lowest BCUT2D eigenvalue weighted by molar-refractivity contribution is 0.102. The van der Waals surface area contributed by atoms with E-state index in [0.717, 1.165) is 29.1 Å². The second kappa shape index (κ2) is 5.28. The molecule has 0 saturated carbocycles. The summed E-state index contributed by atoms with van der Waals surface area (Å²) in [6, 6.07) is 11.9. The SMILES string of the molecule is O=C(Nc1cnc2ccccc2c1)c1cc(F)ccc1F. The van der Waals surface area contributed by atoms with Crippen LogP contribution in [0, 0.1) is 11.6 Å². The number of hydrogen-bond donors (Lipinski definition) is 1. The molecule has 1 aromatic heterocycles. The summed E-state index contributed by atoms with van der Waals surface area (Å²) in [5, 5.41) is 3.35. The van der Waals surface area contributed by atoms with Gasteiger partial charge < -0.3 is 5.32 Å². The van der Waals surface area contributed by atoms with Crippen LogP contribution in [0.1, 0.15) is 10.4 Å². The zero-order valence-corrected chi connectivity index (χ0v) is 10.8. The molecular weight excluding hydrogens is 274 g/mol. The number of pyridine rings is 1. The van der Waals surface area contributed by atoms with E-state index in [1.54, 1.807) is 6.07 Å². The number of hydrogen-bond acceptors (Lipinski definition) is 2. The van der Waals surface area contributed by atoms with E-state index in [1.807, 2.05) is 24.3 Å². The Balaban J connectivity index is 1.90. The Morgan fingerprint density at radius 1 is 1.05 bits per heavy atom. The van der Waals surface area contributed by atoms with Crippen molar-refractivity contribution in [1.29, 1.82) is 0 Å². The quantitative estimate of drug-likeness (QED) is 0.778. The van der Waals surface area contributed by atoms with E-state index in [4.69, 9.17) is 0 Å². The first kappa shape index (κ1) is 13.2. The molecule has 0 aliphatic heterocycles. The molecule has 3 nitrogen and oxygen atoms in total. The molecule has 104 valence electrons. The first-order valence-electron chi connectivity index (χ1n) is 6.25. The van der Waals surface area contributed by atoms with Crippen LogP contribution in [0.4, 0.5) is 14.5 Å². The minimum absolute atomic E-state index is 0.344. The maximum absolute atomic E-state index is 13.5. The summed E-state index contributed by atoms with van der Waals surface area (Å²) in [5.74, 6) is -2.16. The Kier molecular flexibility index (Phi) is 3.31. The maximum atomic E-state index is 13.5. The number of aromatic nitrogens is 1. The molecule has 3 aromatic rings. The van der Waals surface area contributed by atoms with Gasteiger partial charge in [0, 0.05) is 5.39 Å². The molecule has 21 heavy (non-hydrogen) atoms. The molecular formula is C16H10F2N2O. The van der Waals surface area contributed by atoms with Crippen LogP contribution >= 0.6 is 0 Å². The van der Waals surface area contributed by atoms with Crippen LogP contribution in [0.2, 0.25) is 0 Å². The first-order chi connectivity index (χ1) is 10.1. The number of benzene rings is 2. The number of carbonyl (C=O) groups excluding carboxylic acids is 1. The van der Waals surface area contributed by atoms with Crippen LogP contribution in [0.25, 0.3) is 10.9 Å². The summed E-state index contributed by atoms with van der Waals surface area (Å²) in [6.07, 6.45) is 1.47. The van der Waals surface area contributed by atoms with Crippen molar-refractivity contribution in [2.24, 2.45) is 0 Å². The van der Waals surface area contributed by atoms with Crippen molar-refractivity contribution in [1.82, 2.24) is 4.98 Å². The number of halogens is 2. The molecule has 1 N–H and O–H groups in total. The molecule has 0 spiro atoms. The number of anilines is 1. The van der Waals surface area contributed by atoms with Crippen molar-refractivity contribution in [2.75, 3.05) is 5.32 Å². The molecule has 1 heterocycles. The summed E-state index contributed by atoms with van der Waals surface area (Å²) in [5.41, 5.74) is 0.859. The number of fused-ring (bicyclic) bond motifs is 1. The zero-order valence-electron chi connectivity index (χ0n) is 10.8. The molecule has 2 aromatic carbocycles. The molecule has 0 atom stereocenters. The molecule has 0 saturated heterocycles. The van der Waals surface area contributed by atoms with E-state index in [1.165, 1.54) is 6.20 Å². The molecule has 5 heteroatoms. The minimum Gasteiger partial charge on any atom is -0.320 e. The Morgan fingerprint density at radius 2 is 1.86 bits per heavy atom. The number of amides is 1. The third-order valence-corrected chi connectivity index (χ3v) is 3.02. The Hall–Kier alpha value is -2.82. The van der Waals surface area contributed by atoms with Crippen LogP contribution in [-0.2, 0) is 0 Å². The van der Waals surface area contributed by atoms with Gasteiger partial charge in [0.2, 0.25) is 0 Å². The normalized spacial score (nSPS) is 10.6. The third-order valence-electron chi connectivity index (χ3n) is 3.02. The fourth-order valence-electron chi connectivity index (χ4n) is 2.01. The maximum Gasteiger partial charge on any atom is 0.258 e. The lowest BCUT2D eigenvalue weighted by Gasteiger charge is -2.07. The van der Waals surface area contributed by atoms with Gasteiger partial charge >= 0.3 is 0 Å². The van der Waals surface area contributed by atoms with Crippen molar-refractivity contribution < 1.29 is 13.6 Å². The smallest absolute Gasteiger partial charge is 0.258 e. The molecule has 0 aliphatic carbocycles. The van der Waals surface area contributed by atoms with Gasteiger partial charge in [-0.15, -0.1) is 0 Å². The molecule has 1 amide bonds. The molecule has 3 rings (SSSR count). The molecule has 0 radical (unpaired) electrons. The highest BCUT2D eigenvalue weighted by atomic mass is 19.1. The van der Waals surface area contributed by atoms with E-state index < -0.39 is 17.5 Å². The van der Waals surface area contributed by atoms with Crippen LogP contribution in [0.5, 0.6) is 0 Å². The lowest BCUT2D eigenvalue weighted by atomic mass is 10.1. The highest BCUT2D eigenvalue weighted by Gasteiger charge is 2.13. The largest absolute Gasteiger partial charge is 0.320 e. The van der Waals surface area contributed by atoms with Gasteiger partial charge in [-0.1, -0.05) is 18.2 Å². The van der Waals surface area contributed by atoms with Crippen molar-refractivity contribution in [3.63, 3.8) is 0 Å². The first-order valence-corrected chi connectivity index (χ1v) is 6.25. The number of nitrogens with zero attached hydrogens (tertiary/aromatic N) is 1. The van der Waals surface area contributed by atoms with Gasteiger partial charge in [0.1, 0.15) is 11.6 Å². The van der Waals surface area contributed by atoms with Gasteiger partial charge in [0.05, 0.1) is 23.0 Å². The van der Waals surface area contributed by atoms with E-state index >= 15 is 0 Å². The number of carbonyl (C=O) groups is 1. The molecule has 0 aliphatic rings. The number of nitrogens with one attached hydrogen (secondary N) is 1. The van der Waals surface area contributed by atoms with Crippen molar-refractivity contribution in [2.45, 2.75) is 0 Å². The summed E-state index contributed by atoms with van der Waals surface area (Å²) in [4.78, 5) is 16.2. The zero-order chi connectivity index (χ0) is 14.8. The highest BCUT2D eigenvalue weighted by Crippen LogP contribution is 2.18. The van der Waals surface area contributed by atoms with Gasteiger partial charge in [-0.25, -0.2) is 8.78 Å². The summed E-state index contributed by atoms with van der Waals surface area (Å²) < 4.78 is 26.6. The number of rotatable bonds is 2. The van der Waals surface area contributed by atoms with E-state index in [9.17, 15) is 13.6 Å².